The van der Waals surface area contributed by atoms with Gasteiger partial charge in [-0.3, -0.25) is 0 Å². The fraction of sp³-hybridized carbons (Fsp3) is 0. The Morgan fingerprint density at radius 1 is 0.0652 bits per heavy atom. The number of hydrogen-bond donors (Lipinski definition) is 0. The van der Waals surface area contributed by atoms with E-state index >= 15 is 0 Å². The summed E-state index contributed by atoms with van der Waals surface area (Å²) in [5.74, 6) is 0. The summed E-state index contributed by atoms with van der Waals surface area (Å²) in [4.78, 5) is 0. The average Bonchev–Trinajstić information content (AvgIpc) is 1.52. The summed E-state index contributed by atoms with van der Waals surface area (Å²) in [5.41, 5.74) is 27.3. The second-order valence-electron chi connectivity index (χ2n) is 38.8. The topological polar surface area (TPSA) is 0 Å². The summed E-state index contributed by atoms with van der Waals surface area (Å²) in [6.45, 7) is 0. The zero-order valence-electron chi connectivity index (χ0n) is 74.9. The normalized spacial score (nSPS) is 12.5. The molecular formula is C138H76. The van der Waals surface area contributed by atoms with E-state index in [1.807, 2.05) is 0 Å². The van der Waals surface area contributed by atoms with Crippen molar-refractivity contribution in [3.8, 4) is 111 Å². The first-order valence-corrected chi connectivity index (χ1v) is 48.4. The van der Waals surface area contributed by atoms with Crippen molar-refractivity contribution >= 4 is 226 Å². The molecule has 5 aliphatic carbocycles. The summed E-state index contributed by atoms with van der Waals surface area (Å²) >= 11 is 0. The molecule has 31 aromatic rings. The van der Waals surface area contributed by atoms with Gasteiger partial charge in [0.15, 0.2) is 0 Å². The Hall–Kier alpha value is -17.9. The van der Waals surface area contributed by atoms with Crippen LogP contribution in [0.1, 0.15) is 0 Å². The first-order valence-electron chi connectivity index (χ1n) is 48.4. The summed E-state index contributed by atoms with van der Waals surface area (Å²) in [7, 11) is 0. The number of benzene rings is 29. The van der Waals surface area contributed by atoms with Gasteiger partial charge in [0.1, 0.15) is 0 Å². The minimum Gasteiger partial charge on any atom is -0.0616 e. The SMILES string of the molecule is c1cc2c3c(cccc3c1)-c1cc3c4ccccc4c4ccccc4c3cc1-2.c1cc2cccc3c4cc5c(cc4c(c1)c23)c1cccc2cccc5c21.c1ccc2cc3c(cc2c1)-c1ccc2c4ccc5c6c(ccc(c7ccc-3c1c27)c64)-c1cc2ccccc2cc1-5.c1ccc2cc3c(cc2c1)-c1cccc2cccc-3c12.c1ccc2cc3cc4c(cc3cc2c1)-c1cccc2cccc-4c12. The van der Waals surface area contributed by atoms with Gasteiger partial charge in [0.2, 0.25) is 0 Å². The maximum absolute atomic E-state index is 2.42. The molecule has 628 valence electrons. The number of hydrogen-bond acceptors (Lipinski definition) is 0. The van der Waals surface area contributed by atoms with Crippen molar-refractivity contribution in [3.05, 3.63) is 461 Å². The highest BCUT2D eigenvalue weighted by molar-refractivity contribution is 6.42. The average molecular weight is 1730 g/mol. The molecule has 0 N–H and O–H groups in total. The molecule has 0 nitrogen and oxygen atoms in total. The van der Waals surface area contributed by atoms with Crippen molar-refractivity contribution in [1.29, 1.82) is 0 Å². The van der Waals surface area contributed by atoms with E-state index in [-0.39, 0.29) is 0 Å². The summed E-state index contributed by atoms with van der Waals surface area (Å²) < 4.78 is 0. The number of fused-ring (bicyclic) bond motifs is 34. The van der Waals surface area contributed by atoms with Crippen LogP contribution in [0.3, 0.4) is 0 Å². The Bertz CT molecular complexity index is 10100. The van der Waals surface area contributed by atoms with Gasteiger partial charge in [-0.05, 0) is 422 Å². The lowest BCUT2D eigenvalue weighted by Gasteiger charge is -2.16. The molecule has 0 atom stereocenters. The first-order chi connectivity index (χ1) is 68.4. The largest absolute Gasteiger partial charge is 0.0616 e. The van der Waals surface area contributed by atoms with Crippen molar-refractivity contribution < 1.29 is 0 Å². The summed E-state index contributed by atoms with van der Waals surface area (Å²) in [5, 5.41) is 56.9. The highest BCUT2D eigenvalue weighted by Gasteiger charge is 2.32. The van der Waals surface area contributed by atoms with E-state index in [0.29, 0.717) is 0 Å². The maximum atomic E-state index is 2.42. The van der Waals surface area contributed by atoms with Crippen LogP contribution in [0.15, 0.2) is 461 Å². The molecule has 0 radical (unpaired) electrons. The highest BCUT2D eigenvalue weighted by Crippen LogP contribution is 2.60. The molecule has 0 heteroatoms. The summed E-state index contributed by atoms with van der Waals surface area (Å²) in [6, 6.07) is 171. The van der Waals surface area contributed by atoms with Crippen LogP contribution in [-0.2, 0) is 0 Å². The molecule has 0 fully saturated rings. The Morgan fingerprint density at radius 3 is 0.486 bits per heavy atom. The fourth-order valence-corrected chi connectivity index (χ4v) is 26.1. The van der Waals surface area contributed by atoms with Crippen molar-refractivity contribution in [2.45, 2.75) is 0 Å². The van der Waals surface area contributed by atoms with Crippen molar-refractivity contribution in [2.75, 3.05) is 0 Å². The molecule has 36 rings (SSSR count). The van der Waals surface area contributed by atoms with Gasteiger partial charge in [0.05, 0.1) is 0 Å². The smallest absolute Gasteiger partial charge is 0.00139 e. The predicted octanol–water partition coefficient (Wildman–Crippen LogP) is 39.2. The van der Waals surface area contributed by atoms with Crippen LogP contribution in [-0.4, -0.2) is 0 Å². The zero-order valence-corrected chi connectivity index (χ0v) is 74.9. The molecular weight excluding hydrogens is 1660 g/mol. The van der Waals surface area contributed by atoms with Gasteiger partial charge < -0.3 is 0 Å². The third kappa shape index (κ3) is 10.3. The van der Waals surface area contributed by atoms with E-state index in [4.69, 9.17) is 0 Å². The van der Waals surface area contributed by atoms with E-state index < -0.39 is 0 Å². The van der Waals surface area contributed by atoms with Crippen LogP contribution in [0.5, 0.6) is 0 Å². The standard InChI is InChI=1S/C40H20.C28H16.C26H14.C24H14.C20H12/c1-2-6-22-18-34-30-14-10-26-28-12-16-32-36-20-24-8-4-3-7-23(24)19-35(36)31-15-11-27(38(28)40(31)32)25-9-13-29(39(30)37(25)26)33(34)17-21(22)5-1;1-3-11-20-18(9-1)19-10-2-4-12-21(19)25-16-27-23-14-6-8-17-7-5-13-22(28(17)23)26(27)15-24(20)25;1-5-15-6-2-10-18-22-14-24-20-12-4-8-16-7-3-11-19(26(16)20)23(24)13-21(22)17(9-1)25(15)18;1-2-6-17-12-19-14-23-21-10-4-8-15-7-3-9-20(24(15)21)22(23)13-18(19)11-16(17)5-1;1-2-6-15-12-19-17-10-4-8-13-7-3-9-16(20(13)17)18(19)11-14(15)5-1/h1-20H;1-16H;1-14H;1-14H;1-12H. The van der Waals surface area contributed by atoms with Crippen LogP contribution < -0.4 is 0 Å². The quantitative estimate of drug-likeness (QED) is 0.105. The van der Waals surface area contributed by atoms with Crippen LogP contribution >= 0.6 is 0 Å². The molecule has 31 aromatic carbocycles. The third-order valence-corrected chi connectivity index (χ3v) is 32.0. The molecule has 0 amide bonds. The zero-order chi connectivity index (χ0) is 89.5. The number of rotatable bonds is 0. The molecule has 0 unspecified atom stereocenters. The monoisotopic (exact) mass is 1730 g/mol. The van der Waals surface area contributed by atoms with Gasteiger partial charge in [-0.2, -0.15) is 0 Å². The molecule has 0 heterocycles. The van der Waals surface area contributed by atoms with E-state index in [1.54, 1.807) is 0 Å². The molecule has 0 saturated heterocycles. The highest BCUT2D eigenvalue weighted by atomic mass is 14.3. The van der Waals surface area contributed by atoms with Gasteiger partial charge >= 0.3 is 0 Å². The molecule has 138 heavy (non-hydrogen) atoms. The van der Waals surface area contributed by atoms with Crippen LogP contribution in [0, 0.1) is 0 Å². The lowest BCUT2D eigenvalue weighted by molar-refractivity contribution is 1.73. The van der Waals surface area contributed by atoms with E-state index in [2.05, 4.69) is 461 Å². The summed E-state index contributed by atoms with van der Waals surface area (Å²) in [6.07, 6.45) is 0. The lowest BCUT2D eigenvalue weighted by atomic mass is 9.86. The van der Waals surface area contributed by atoms with Gasteiger partial charge in [-0.15, -0.1) is 0 Å². The van der Waals surface area contributed by atoms with Crippen molar-refractivity contribution in [3.63, 3.8) is 0 Å². The van der Waals surface area contributed by atoms with Gasteiger partial charge in [0.25, 0.3) is 0 Å². The van der Waals surface area contributed by atoms with E-state index in [0.717, 1.165) is 0 Å². The van der Waals surface area contributed by atoms with Gasteiger partial charge in [-0.25, -0.2) is 0 Å². The molecule has 5 aliphatic rings. The van der Waals surface area contributed by atoms with Crippen LogP contribution in [0.4, 0.5) is 0 Å². The molecule has 0 bridgehead atoms. The minimum atomic E-state index is 1.30. The second-order valence-corrected chi connectivity index (χ2v) is 38.8. The Balaban J connectivity index is 0.0000000800. The molecule has 0 aromatic heterocycles. The van der Waals surface area contributed by atoms with E-state index in [1.165, 1.54) is 337 Å². The molecule has 0 aliphatic heterocycles. The Kier molecular flexibility index (Phi) is 15.1. The van der Waals surface area contributed by atoms with Crippen molar-refractivity contribution in [2.24, 2.45) is 0 Å². The Morgan fingerprint density at radius 2 is 0.232 bits per heavy atom. The predicted molar refractivity (Wildman–Crippen MR) is 596 cm³/mol. The van der Waals surface area contributed by atoms with Crippen LogP contribution in [0.2, 0.25) is 0 Å². The Labute approximate surface area is 792 Å². The second kappa shape index (κ2) is 27.9. The van der Waals surface area contributed by atoms with Gasteiger partial charge in [-0.1, -0.05) is 376 Å². The molecule has 0 saturated carbocycles. The van der Waals surface area contributed by atoms with E-state index in [9.17, 15) is 0 Å². The lowest BCUT2D eigenvalue weighted by Crippen LogP contribution is -1.88. The van der Waals surface area contributed by atoms with Gasteiger partial charge in [0, 0.05) is 0 Å². The first kappa shape index (κ1) is 74.6. The van der Waals surface area contributed by atoms with Crippen molar-refractivity contribution in [1.82, 2.24) is 0 Å². The minimum absolute atomic E-state index is 1.30. The molecule has 0 spiro atoms. The fourth-order valence-electron chi connectivity index (χ4n) is 26.1. The maximum Gasteiger partial charge on any atom is -0.00139 e. The third-order valence-electron chi connectivity index (χ3n) is 32.0. The van der Waals surface area contributed by atoms with Crippen LogP contribution in [0.25, 0.3) is 337 Å².